The van der Waals surface area contributed by atoms with Crippen LogP contribution in [0.1, 0.15) is 0 Å². The Hall–Kier alpha value is -2.24. The highest BCUT2D eigenvalue weighted by molar-refractivity contribution is 5.76. The molecule has 1 amide bonds. The molecule has 0 aromatic carbocycles. The van der Waals surface area contributed by atoms with Gasteiger partial charge in [0.15, 0.2) is 11.2 Å². The van der Waals surface area contributed by atoms with E-state index in [2.05, 4.69) is 9.97 Å². The maximum atomic E-state index is 11.4. The number of amides is 1. The van der Waals surface area contributed by atoms with Crippen LogP contribution in [0, 0.1) is 0 Å². The molecule has 0 aliphatic carbocycles. The van der Waals surface area contributed by atoms with Crippen molar-refractivity contribution in [1.82, 2.24) is 14.5 Å². The molecule has 0 fully saturated rings. The molecule has 0 atom stereocenters. The lowest BCUT2D eigenvalue weighted by molar-refractivity contribution is -0.118. The predicted octanol–water partition coefficient (Wildman–Crippen LogP) is -0.723. The molecular weight excluding hydrogens is 196 g/mol. The number of hydrogen-bond acceptors (Lipinski definition) is 4. The minimum atomic E-state index is -0.495. The highest BCUT2D eigenvalue weighted by Crippen LogP contribution is 2.02. The van der Waals surface area contributed by atoms with Crippen molar-refractivity contribution in [3.63, 3.8) is 0 Å². The lowest BCUT2D eigenvalue weighted by Gasteiger charge is -2.05. The number of carbonyl (C=O) groups excluding carboxylic acids is 1. The van der Waals surface area contributed by atoms with Gasteiger partial charge in [-0.15, -0.1) is 0 Å². The zero-order valence-electron chi connectivity index (χ0n) is 7.75. The van der Waals surface area contributed by atoms with E-state index in [0.717, 1.165) is 0 Å². The molecule has 0 aliphatic rings. The van der Waals surface area contributed by atoms with E-state index >= 15 is 0 Å². The molecule has 2 heterocycles. The Morgan fingerprint density at radius 3 is 2.87 bits per heavy atom. The van der Waals surface area contributed by atoms with Gasteiger partial charge in [-0.25, -0.2) is 9.97 Å². The molecule has 76 valence electrons. The quantitative estimate of drug-likeness (QED) is 0.698. The van der Waals surface area contributed by atoms with Gasteiger partial charge in [0.2, 0.25) is 11.3 Å². The summed E-state index contributed by atoms with van der Waals surface area (Å²) in [6.45, 7) is -0.0184. The van der Waals surface area contributed by atoms with Crippen LogP contribution in [0.25, 0.3) is 11.2 Å². The number of nitrogens with two attached hydrogens (primary N) is 1. The number of fused-ring (bicyclic) bond motifs is 1. The topological polar surface area (TPSA) is 90.9 Å². The molecule has 2 aromatic heterocycles. The third kappa shape index (κ3) is 1.69. The van der Waals surface area contributed by atoms with Crippen LogP contribution >= 0.6 is 0 Å². The number of carbonyl (C=O) groups is 1. The summed E-state index contributed by atoms with van der Waals surface area (Å²) in [5.74, 6) is -0.495. The van der Waals surface area contributed by atoms with E-state index in [-0.39, 0.29) is 17.5 Å². The Bertz CT molecular complexity index is 576. The second kappa shape index (κ2) is 3.49. The summed E-state index contributed by atoms with van der Waals surface area (Å²) in [7, 11) is 0. The van der Waals surface area contributed by atoms with E-state index in [4.69, 9.17) is 5.73 Å². The van der Waals surface area contributed by atoms with E-state index in [1.54, 1.807) is 0 Å². The fourth-order valence-corrected chi connectivity index (χ4v) is 1.32. The van der Waals surface area contributed by atoms with Gasteiger partial charge in [-0.05, 0) is 0 Å². The fourth-order valence-electron chi connectivity index (χ4n) is 1.32. The second-order valence-corrected chi connectivity index (χ2v) is 3.00. The van der Waals surface area contributed by atoms with Gasteiger partial charge >= 0.3 is 0 Å². The monoisotopic (exact) mass is 204 g/mol. The van der Waals surface area contributed by atoms with Crippen LogP contribution in [0.2, 0.25) is 0 Å². The molecular formula is C9H8N4O2. The van der Waals surface area contributed by atoms with Gasteiger partial charge < -0.3 is 10.3 Å². The molecule has 2 aromatic rings. The van der Waals surface area contributed by atoms with Gasteiger partial charge in [-0.1, -0.05) is 0 Å². The van der Waals surface area contributed by atoms with Crippen molar-refractivity contribution in [3.8, 4) is 0 Å². The van der Waals surface area contributed by atoms with Crippen molar-refractivity contribution in [2.45, 2.75) is 6.54 Å². The number of aromatic nitrogens is 3. The molecule has 0 spiro atoms. The Balaban J connectivity index is 2.71. The summed E-state index contributed by atoms with van der Waals surface area (Å²) in [5, 5.41) is 0. The van der Waals surface area contributed by atoms with E-state index in [1.165, 1.54) is 29.2 Å². The molecule has 0 saturated heterocycles. The fraction of sp³-hybridized carbons (Fsp3) is 0.111. The van der Waals surface area contributed by atoms with E-state index in [1.807, 2.05) is 0 Å². The van der Waals surface area contributed by atoms with Crippen molar-refractivity contribution in [2.75, 3.05) is 0 Å². The summed E-state index contributed by atoms with van der Waals surface area (Å²) in [5.41, 5.74) is 5.45. The molecule has 0 bridgehead atoms. The van der Waals surface area contributed by atoms with E-state index in [0.29, 0.717) is 5.65 Å². The number of nitrogens with zero attached hydrogens (tertiary/aromatic N) is 3. The highest BCUT2D eigenvalue weighted by Gasteiger charge is 2.05. The van der Waals surface area contributed by atoms with Crippen LogP contribution in [-0.2, 0) is 11.3 Å². The summed E-state index contributed by atoms with van der Waals surface area (Å²) in [6.07, 6.45) is 4.36. The summed E-state index contributed by atoms with van der Waals surface area (Å²) in [6, 6.07) is 1.33. The van der Waals surface area contributed by atoms with Crippen LogP contribution in [-0.4, -0.2) is 20.4 Å². The minimum Gasteiger partial charge on any atom is -0.368 e. The highest BCUT2D eigenvalue weighted by atomic mass is 16.1. The Morgan fingerprint density at radius 2 is 2.13 bits per heavy atom. The minimum absolute atomic E-state index is 0.0184. The zero-order chi connectivity index (χ0) is 10.8. The van der Waals surface area contributed by atoms with E-state index in [9.17, 15) is 9.59 Å². The number of rotatable bonds is 2. The molecule has 0 saturated carbocycles. The smallest absolute Gasteiger partial charge is 0.237 e. The Kier molecular flexibility index (Phi) is 2.17. The normalized spacial score (nSPS) is 10.4. The standard InChI is InChI=1S/C9H8N4O2/c10-7(15)5-13-4-1-6(14)8-9(13)12-3-2-11-8/h1-4H,5H2,(H2,10,15). The first-order valence-corrected chi connectivity index (χ1v) is 4.27. The van der Waals surface area contributed by atoms with Crippen LogP contribution < -0.4 is 11.2 Å². The third-order valence-corrected chi connectivity index (χ3v) is 1.92. The lowest BCUT2D eigenvalue weighted by atomic mass is 10.4. The average Bonchev–Trinajstić information content (AvgIpc) is 2.22. The number of hydrogen-bond donors (Lipinski definition) is 1. The zero-order valence-corrected chi connectivity index (χ0v) is 7.75. The first-order valence-electron chi connectivity index (χ1n) is 4.27. The number of primary amides is 1. The summed E-state index contributed by atoms with van der Waals surface area (Å²) < 4.78 is 1.49. The van der Waals surface area contributed by atoms with Gasteiger partial charge in [0.25, 0.3) is 0 Å². The van der Waals surface area contributed by atoms with E-state index < -0.39 is 5.91 Å². The Morgan fingerprint density at radius 1 is 1.40 bits per heavy atom. The molecule has 6 heteroatoms. The lowest BCUT2D eigenvalue weighted by Crippen LogP contribution is -2.21. The van der Waals surface area contributed by atoms with Gasteiger partial charge in [0, 0.05) is 24.7 Å². The van der Waals surface area contributed by atoms with Crippen molar-refractivity contribution in [2.24, 2.45) is 5.73 Å². The molecule has 6 nitrogen and oxygen atoms in total. The second-order valence-electron chi connectivity index (χ2n) is 3.00. The van der Waals surface area contributed by atoms with Gasteiger partial charge in [-0.2, -0.15) is 0 Å². The predicted molar refractivity (Wildman–Crippen MR) is 53.0 cm³/mol. The van der Waals surface area contributed by atoms with Crippen molar-refractivity contribution >= 4 is 17.1 Å². The first-order chi connectivity index (χ1) is 7.18. The van der Waals surface area contributed by atoms with Gasteiger partial charge in [-0.3, -0.25) is 9.59 Å². The van der Waals surface area contributed by atoms with Crippen molar-refractivity contribution in [3.05, 3.63) is 34.9 Å². The first kappa shape index (κ1) is 9.32. The summed E-state index contributed by atoms with van der Waals surface area (Å²) >= 11 is 0. The van der Waals surface area contributed by atoms with Gasteiger partial charge in [0.1, 0.15) is 6.54 Å². The van der Waals surface area contributed by atoms with Crippen LogP contribution in [0.15, 0.2) is 29.5 Å². The third-order valence-electron chi connectivity index (χ3n) is 1.92. The van der Waals surface area contributed by atoms with Crippen molar-refractivity contribution in [1.29, 1.82) is 0 Å². The molecule has 2 N–H and O–H groups in total. The average molecular weight is 204 g/mol. The molecule has 15 heavy (non-hydrogen) atoms. The van der Waals surface area contributed by atoms with Crippen LogP contribution in [0.3, 0.4) is 0 Å². The maximum Gasteiger partial charge on any atom is 0.237 e. The maximum absolute atomic E-state index is 11.4. The molecule has 2 rings (SSSR count). The molecule has 0 radical (unpaired) electrons. The molecule has 0 aliphatic heterocycles. The van der Waals surface area contributed by atoms with Crippen LogP contribution in [0.5, 0.6) is 0 Å². The summed E-state index contributed by atoms with van der Waals surface area (Å²) in [4.78, 5) is 30.0. The van der Waals surface area contributed by atoms with Crippen LogP contribution in [0.4, 0.5) is 0 Å². The largest absolute Gasteiger partial charge is 0.368 e. The van der Waals surface area contributed by atoms with Gasteiger partial charge in [0.05, 0.1) is 0 Å². The SMILES string of the molecule is NC(=O)Cn1ccc(=O)c2nccnc21. The number of pyridine rings is 1. The van der Waals surface area contributed by atoms with Crippen molar-refractivity contribution < 1.29 is 4.79 Å². The Labute approximate surface area is 84.4 Å². The molecule has 0 unspecified atom stereocenters.